The van der Waals surface area contributed by atoms with Gasteiger partial charge >= 0.3 is 0 Å². The summed E-state index contributed by atoms with van der Waals surface area (Å²) in [4.78, 5) is 10.2. The Labute approximate surface area is 120 Å². The average molecular weight is 337 g/mol. The number of benzene rings is 1. The smallest absolute Gasteiger partial charge is 0.273 e. The van der Waals surface area contributed by atoms with Gasteiger partial charge in [0.25, 0.3) is 5.69 Å². The largest absolute Gasteiger partial charge is 0.492 e. The van der Waals surface area contributed by atoms with Gasteiger partial charge in [-0.1, -0.05) is 6.92 Å². The van der Waals surface area contributed by atoms with Crippen LogP contribution < -0.4 is 4.74 Å². The number of non-ortho nitro benzene ring substituents is 1. The Balaban J connectivity index is 2.56. The minimum absolute atomic E-state index is 0.0296. The highest BCUT2D eigenvalue weighted by Gasteiger charge is 2.10. The maximum atomic E-state index is 10.7. The van der Waals surface area contributed by atoms with Crippen molar-refractivity contribution in [3.05, 3.63) is 32.8 Å². The summed E-state index contributed by atoms with van der Waals surface area (Å²) < 4.78 is 6.27. The van der Waals surface area contributed by atoms with E-state index in [1.807, 2.05) is 0 Å². The quantitative estimate of drug-likeness (QED) is 0.421. The predicted octanol–water partition coefficient (Wildman–Crippen LogP) is 4.39. The Morgan fingerprint density at radius 3 is 2.83 bits per heavy atom. The van der Waals surface area contributed by atoms with Crippen LogP contribution >= 0.6 is 27.5 Å². The summed E-state index contributed by atoms with van der Waals surface area (Å²) in [6, 6.07) is 4.49. The molecule has 0 fully saturated rings. The minimum Gasteiger partial charge on any atom is -0.492 e. The average Bonchev–Trinajstić information content (AvgIpc) is 2.31. The maximum absolute atomic E-state index is 10.7. The lowest BCUT2D eigenvalue weighted by molar-refractivity contribution is -0.385. The molecule has 0 aliphatic heterocycles. The molecule has 0 N–H and O–H groups in total. The van der Waals surface area contributed by atoms with Gasteiger partial charge in [-0.05, 0) is 40.8 Å². The molecule has 0 aromatic heterocycles. The third kappa shape index (κ3) is 4.82. The first kappa shape index (κ1) is 15.2. The summed E-state index contributed by atoms with van der Waals surface area (Å²) >= 11 is 8.96. The number of nitrogens with zero attached hydrogens (tertiary/aromatic N) is 1. The van der Waals surface area contributed by atoms with E-state index in [4.69, 9.17) is 16.3 Å². The van der Waals surface area contributed by atoms with Crippen LogP contribution in [0.2, 0.25) is 0 Å². The third-order valence-electron chi connectivity index (χ3n) is 2.60. The third-order valence-corrected chi connectivity index (χ3v) is 3.47. The minimum atomic E-state index is -0.435. The predicted molar refractivity (Wildman–Crippen MR) is 75.4 cm³/mol. The number of halogens is 2. The zero-order valence-electron chi connectivity index (χ0n) is 10.1. The van der Waals surface area contributed by atoms with Crippen LogP contribution in [-0.2, 0) is 0 Å². The molecule has 4 nitrogen and oxygen atoms in total. The van der Waals surface area contributed by atoms with Gasteiger partial charge in [0.05, 0.1) is 22.1 Å². The fourth-order valence-corrected chi connectivity index (χ4v) is 2.15. The van der Waals surface area contributed by atoms with Crippen LogP contribution in [-0.4, -0.2) is 17.4 Å². The highest BCUT2D eigenvalue weighted by Crippen LogP contribution is 2.29. The molecule has 0 heterocycles. The molecule has 0 bridgehead atoms. The van der Waals surface area contributed by atoms with E-state index < -0.39 is 4.92 Å². The number of nitro groups is 1. The number of hydrogen-bond donors (Lipinski definition) is 0. The first-order valence-corrected chi connectivity index (χ1v) is 7.00. The molecule has 0 aliphatic carbocycles. The van der Waals surface area contributed by atoms with Crippen molar-refractivity contribution in [1.29, 1.82) is 0 Å². The monoisotopic (exact) mass is 335 g/mol. The van der Waals surface area contributed by atoms with Crippen molar-refractivity contribution in [3.63, 3.8) is 0 Å². The van der Waals surface area contributed by atoms with Gasteiger partial charge < -0.3 is 4.74 Å². The molecule has 1 rings (SSSR count). The fourth-order valence-electron chi connectivity index (χ4n) is 1.42. The van der Waals surface area contributed by atoms with Gasteiger partial charge in [-0.25, -0.2) is 0 Å². The Hall–Kier alpha value is -0.810. The van der Waals surface area contributed by atoms with E-state index >= 15 is 0 Å². The Bertz CT molecular complexity index is 414. The molecular formula is C12H15BrClNO3. The second-order valence-electron chi connectivity index (χ2n) is 4.09. The summed E-state index contributed by atoms with van der Waals surface area (Å²) in [5, 5.41) is 10.7. The Kier molecular flexibility index (Phi) is 6.43. The van der Waals surface area contributed by atoms with Crippen LogP contribution in [0.15, 0.2) is 22.7 Å². The molecule has 0 radical (unpaired) electrons. The van der Waals surface area contributed by atoms with Crippen molar-refractivity contribution in [2.45, 2.75) is 19.8 Å². The summed E-state index contributed by atoms with van der Waals surface area (Å²) in [7, 11) is 0. The zero-order chi connectivity index (χ0) is 13.5. The highest BCUT2D eigenvalue weighted by molar-refractivity contribution is 9.10. The molecule has 1 aromatic rings. The standard InChI is InChI=1S/C12H15BrClNO3/c1-9(4-6-14)5-7-18-12-8-10(15(16)17)2-3-11(12)13/h2-3,8-9H,4-7H2,1H3. The molecule has 1 atom stereocenters. The topological polar surface area (TPSA) is 52.4 Å². The van der Waals surface area contributed by atoms with Crippen molar-refractivity contribution in [3.8, 4) is 5.75 Å². The van der Waals surface area contributed by atoms with E-state index in [1.54, 1.807) is 6.07 Å². The Morgan fingerprint density at radius 2 is 2.22 bits per heavy atom. The van der Waals surface area contributed by atoms with Gasteiger partial charge in [-0.15, -0.1) is 11.6 Å². The van der Waals surface area contributed by atoms with E-state index in [1.165, 1.54) is 12.1 Å². The van der Waals surface area contributed by atoms with E-state index in [0.29, 0.717) is 24.2 Å². The molecule has 0 amide bonds. The first-order chi connectivity index (χ1) is 8.54. The second kappa shape index (κ2) is 7.59. The van der Waals surface area contributed by atoms with Crippen molar-refractivity contribution in [2.75, 3.05) is 12.5 Å². The molecule has 0 spiro atoms. The molecule has 6 heteroatoms. The molecular weight excluding hydrogens is 321 g/mol. The van der Waals surface area contributed by atoms with Gasteiger partial charge in [-0.3, -0.25) is 10.1 Å². The molecule has 18 heavy (non-hydrogen) atoms. The lowest BCUT2D eigenvalue weighted by atomic mass is 10.1. The zero-order valence-corrected chi connectivity index (χ0v) is 12.4. The maximum Gasteiger partial charge on any atom is 0.273 e. The highest BCUT2D eigenvalue weighted by atomic mass is 79.9. The fraction of sp³-hybridized carbons (Fsp3) is 0.500. The van der Waals surface area contributed by atoms with Crippen molar-refractivity contribution >= 4 is 33.2 Å². The summed E-state index contributed by atoms with van der Waals surface area (Å²) in [5.74, 6) is 1.63. The van der Waals surface area contributed by atoms with Gasteiger partial charge in [0.1, 0.15) is 5.75 Å². The van der Waals surface area contributed by atoms with Gasteiger partial charge in [-0.2, -0.15) is 0 Å². The molecule has 100 valence electrons. The normalized spacial score (nSPS) is 12.2. The summed E-state index contributed by atoms with van der Waals surface area (Å²) in [6.45, 7) is 2.63. The van der Waals surface area contributed by atoms with Crippen molar-refractivity contribution in [2.24, 2.45) is 5.92 Å². The van der Waals surface area contributed by atoms with Crippen LogP contribution in [0.5, 0.6) is 5.75 Å². The lowest BCUT2D eigenvalue weighted by Crippen LogP contribution is -2.05. The van der Waals surface area contributed by atoms with E-state index in [0.717, 1.165) is 17.3 Å². The first-order valence-electron chi connectivity index (χ1n) is 5.67. The van der Waals surface area contributed by atoms with Crippen molar-refractivity contribution in [1.82, 2.24) is 0 Å². The summed E-state index contributed by atoms with van der Waals surface area (Å²) in [5.41, 5.74) is 0.0296. The van der Waals surface area contributed by atoms with Gasteiger partial charge in [0, 0.05) is 11.9 Å². The van der Waals surface area contributed by atoms with Crippen LogP contribution in [0.3, 0.4) is 0 Å². The van der Waals surface area contributed by atoms with Crippen LogP contribution in [0, 0.1) is 16.0 Å². The lowest BCUT2D eigenvalue weighted by Gasteiger charge is -2.11. The number of rotatable bonds is 7. The summed E-state index contributed by atoms with van der Waals surface area (Å²) in [6.07, 6.45) is 1.82. The second-order valence-corrected chi connectivity index (χ2v) is 5.32. The number of alkyl halides is 1. The van der Waals surface area contributed by atoms with Gasteiger partial charge in [0.2, 0.25) is 0 Å². The van der Waals surface area contributed by atoms with Crippen LogP contribution in [0.25, 0.3) is 0 Å². The van der Waals surface area contributed by atoms with E-state index in [9.17, 15) is 10.1 Å². The Morgan fingerprint density at radius 1 is 1.50 bits per heavy atom. The number of ether oxygens (including phenoxy) is 1. The van der Waals surface area contributed by atoms with E-state index in [-0.39, 0.29) is 5.69 Å². The number of nitro benzene ring substituents is 1. The van der Waals surface area contributed by atoms with Crippen LogP contribution in [0.4, 0.5) is 5.69 Å². The van der Waals surface area contributed by atoms with Gasteiger partial charge in [0.15, 0.2) is 0 Å². The van der Waals surface area contributed by atoms with Crippen molar-refractivity contribution < 1.29 is 9.66 Å². The van der Waals surface area contributed by atoms with E-state index in [2.05, 4.69) is 22.9 Å². The molecule has 0 aliphatic rings. The molecule has 1 aromatic carbocycles. The number of hydrogen-bond acceptors (Lipinski definition) is 3. The van der Waals surface area contributed by atoms with Crippen LogP contribution in [0.1, 0.15) is 19.8 Å². The SMILES string of the molecule is CC(CCCl)CCOc1cc([N+](=O)[O-])ccc1Br. The molecule has 0 saturated carbocycles. The molecule has 0 saturated heterocycles. The molecule has 1 unspecified atom stereocenters.